The number of rotatable bonds is 6. The van der Waals surface area contributed by atoms with Crippen LogP contribution >= 0.6 is 15.9 Å². The lowest BCUT2D eigenvalue weighted by molar-refractivity contribution is -0.132. The summed E-state index contributed by atoms with van der Waals surface area (Å²) in [6.07, 6.45) is 1.36. The van der Waals surface area contributed by atoms with Gasteiger partial charge in [-0.25, -0.2) is 0 Å². The molecule has 1 fully saturated rings. The summed E-state index contributed by atoms with van der Waals surface area (Å²) in [7, 11) is 0. The van der Waals surface area contributed by atoms with Gasteiger partial charge >= 0.3 is 0 Å². The molecule has 3 N–H and O–H groups in total. The topological polar surface area (TPSA) is 75.4 Å². The van der Waals surface area contributed by atoms with Gasteiger partial charge in [-0.3, -0.25) is 9.59 Å². The Morgan fingerprint density at radius 2 is 2.22 bits per heavy atom. The van der Waals surface area contributed by atoms with Gasteiger partial charge in [0, 0.05) is 29.3 Å². The minimum atomic E-state index is -0.616. The summed E-state index contributed by atoms with van der Waals surface area (Å²) in [6, 6.07) is 7.48. The van der Waals surface area contributed by atoms with Crippen molar-refractivity contribution in [2.75, 3.05) is 18.0 Å². The standard InChI is InChI=1S/C17H24BrN3O2/c1-11(2)8-13(10-19)20-16(22)15-6-7-21(17(15)23)14-5-3-4-12(18)9-14/h3-5,9,11,13,15H,6-8,10,19H2,1-2H3,(H,20,22). The van der Waals surface area contributed by atoms with Gasteiger partial charge in [0.05, 0.1) is 0 Å². The lowest BCUT2D eigenvalue weighted by Gasteiger charge is -2.21. The van der Waals surface area contributed by atoms with Gasteiger partial charge in [0.1, 0.15) is 5.92 Å². The van der Waals surface area contributed by atoms with Crippen LogP contribution in [0.25, 0.3) is 0 Å². The number of carbonyl (C=O) groups excluding carboxylic acids is 2. The zero-order valence-electron chi connectivity index (χ0n) is 13.6. The van der Waals surface area contributed by atoms with Gasteiger partial charge in [-0.05, 0) is 37.0 Å². The molecule has 23 heavy (non-hydrogen) atoms. The van der Waals surface area contributed by atoms with Crippen molar-refractivity contribution in [3.63, 3.8) is 0 Å². The molecular formula is C17H24BrN3O2. The fraction of sp³-hybridized carbons (Fsp3) is 0.529. The van der Waals surface area contributed by atoms with Crippen LogP contribution in [0, 0.1) is 11.8 Å². The van der Waals surface area contributed by atoms with E-state index >= 15 is 0 Å². The van der Waals surface area contributed by atoms with Crippen molar-refractivity contribution < 1.29 is 9.59 Å². The molecule has 0 bridgehead atoms. The van der Waals surface area contributed by atoms with E-state index in [0.29, 0.717) is 25.4 Å². The lowest BCUT2D eigenvalue weighted by Crippen LogP contribution is -2.45. The number of amides is 2. The van der Waals surface area contributed by atoms with Crippen LogP contribution in [-0.2, 0) is 9.59 Å². The van der Waals surface area contributed by atoms with E-state index in [9.17, 15) is 9.59 Å². The maximum absolute atomic E-state index is 12.6. The third kappa shape index (κ3) is 4.54. The van der Waals surface area contributed by atoms with Gasteiger partial charge in [0.25, 0.3) is 0 Å². The highest BCUT2D eigenvalue weighted by Gasteiger charge is 2.38. The summed E-state index contributed by atoms with van der Waals surface area (Å²) in [4.78, 5) is 26.7. The average molecular weight is 382 g/mol. The minimum Gasteiger partial charge on any atom is -0.351 e. The minimum absolute atomic E-state index is 0.0739. The number of benzene rings is 1. The smallest absolute Gasteiger partial charge is 0.239 e. The van der Waals surface area contributed by atoms with Gasteiger partial charge in [-0.2, -0.15) is 0 Å². The fourth-order valence-corrected chi connectivity index (χ4v) is 3.30. The normalized spacial score (nSPS) is 19.3. The fourth-order valence-electron chi connectivity index (χ4n) is 2.91. The van der Waals surface area contributed by atoms with Crippen molar-refractivity contribution in [2.45, 2.75) is 32.7 Å². The Balaban J connectivity index is 2.02. The number of nitrogens with two attached hydrogens (primary N) is 1. The molecule has 1 aliphatic rings. The first-order chi connectivity index (χ1) is 10.9. The van der Waals surface area contributed by atoms with E-state index < -0.39 is 5.92 Å². The molecule has 2 atom stereocenters. The molecule has 1 saturated heterocycles. The van der Waals surface area contributed by atoms with Crippen molar-refractivity contribution in [2.24, 2.45) is 17.6 Å². The summed E-state index contributed by atoms with van der Waals surface area (Å²) in [5.41, 5.74) is 6.54. The molecule has 2 unspecified atom stereocenters. The predicted molar refractivity (Wildman–Crippen MR) is 95.0 cm³/mol. The summed E-state index contributed by atoms with van der Waals surface area (Å²) < 4.78 is 0.913. The van der Waals surface area contributed by atoms with Crippen LogP contribution in [0.4, 0.5) is 5.69 Å². The van der Waals surface area contributed by atoms with E-state index in [2.05, 4.69) is 35.1 Å². The van der Waals surface area contributed by atoms with Gasteiger partial charge in [-0.1, -0.05) is 35.8 Å². The second-order valence-corrected chi connectivity index (χ2v) is 7.30. The van der Waals surface area contributed by atoms with Crippen molar-refractivity contribution in [1.82, 2.24) is 5.32 Å². The number of halogens is 1. The number of hydrogen-bond donors (Lipinski definition) is 2. The molecule has 2 amide bonds. The molecular weight excluding hydrogens is 358 g/mol. The van der Waals surface area contributed by atoms with Crippen molar-refractivity contribution in [1.29, 1.82) is 0 Å². The maximum atomic E-state index is 12.6. The molecule has 0 aliphatic carbocycles. The summed E-state index contributed by atoms with van der Waals surface area (Å²) in [5.74, 6) is -0.513. The molecule has 0 radical (unpaired) electrons. The van der Waals surface area contributed by atoms with E-state index in [1.54, 1.807) is 4.90 Å². The SMILES string of the molecule is CC(C)CC(CN)NC(=O)C1CCN(c2cccc(Br)c2)C1=O. The second kappa shape index (κ2) is 7.93. The Bertz CT molecular complexity index is 577. The summed E-state index contributed by atoms with van der Waals surface area (Å²) in [5, 5.41) is 2.93. The summed E-state index contributed by atoms with van der Waals surface area (Å²) in [6.45, 7) is 5.13. The Morgan fingerprint density at radius 1 is 1.48 bits per heavy atom. The highest BCUT2D eigenvalue weighted by Crippen LogP contribution is 2.27. The van der Waals surface area contributed by atoms with E-state index in [1.165, 1.54) is 0 Å². The van der Waals surface area contributed by atoms with Crippen LogP contribution < -0.4 is 16.0 Å². The zero-order valence-corrected chi connectivity index (χ0v) is 15.2. The predicted octanol–water partition coefficient (Wildman–Crippen LogP) is 2.29. The second-order valence-electron chi connectivity index (χ2n) is 6.38. The number of hydrogen-bond acceptors (Lipinski definition) is 3. The number of nitrogens with one attached hydrogen (secondary N) is 1. The molecule has 126 valence electrons. The summed E-state index contributed by atoms with van der Waals surface area (Å²) >= 11 is 3.41. The Morgan fingerprint density at radius 3 is 2.83 bits per heavy atom. The third-order valence-electron chi connectivity index (χ3n) is 4.03. The van der Waals surface area contributed by atoms with Crippen molar-refractivity contribution >= 4 is 33.4 Å². The zero-order chi connectivity index (χ0) is 17.0. The molecule has 2 rings (SSSR count). The first-order valence-electron chi connectivity index (χ1n) is 7.99. The van der Waals surface area contributed by atoms with Crippen LogP contribution in [0.1, 0.15) is 26.7 Å². The monoisotopic (exact) mass is 381 g/mol. The average Bonchev–Trinajstić information content (AvgIpc) is 2.87. The molecule has 0 saturated carbocycles. The van der Waals surface area contributed by atoms with Crippen molar-refractivity contribution in [3.05, 3.63) is 28.7 Å². The maximum Gasteiger partial charge on any atom is 0.239 e. The lowest BCUT2D eigenvalue weighted by atomic mass is 10.0. The number of carbonyl (C=O) groups is 2. The Kier molecular flexibility index (Phi) is 6.18. The van der Waals surface area contributed by atoms with Gasteiger partial charge in [0.2, 0.25) is 11.8 Å². The molecule has 1 heterocycles. The molecule has 5 nitrogen and oxygen atoms in total. The van der Waals surface area contributed by atoms with Crippen LogP contribution in [-0.4, -0.2) is 30.9 Å². The van der Waals surface area contributed by atoms with Crippen LogP contribution in [0.2, 0.25) is 0 Å². The molecule has 6 heteroatoms. The Labute approximate surface area is 145 Å². The quantitative estimate of drug-likeness (QED) is 0.742. The van der Waals surface area contributed by atoms with Gasteiger partial charge < -0.3 is 16.0 Å². The number of anilines is 1. The largest absolute Gasteiger partial charge is 0.351 e. The highest BCUT2D eigenvalue weighted by atomic mass is 79.9. The van der Waals surface area contributed by atoms with E-state index in [-0.39, 0.29) is 17.9 Å². The Hall–Kier alpha value is -1.40. The first-order valence-corrected chi connectivity index (χ1v) is 8.79. The molecule has 1 aliphatic heterocycles. The van der Waals surface area contributed by atoms with Crippen LogP contribution in [0.15, 0.2) is 28.7 Å². The van der Waals surface area contributed by atoms with E-state index in [0.717, 1.165) is 16.6 Å². The molecule has 0 aromatic heterocycles. The third-order valence-corrected chi connectivity index (χ3v) is 4.52. The number of nitrogens with zero attached hydrogens (tertiary/aromatic N) is 1. The van der Waals surface area contributed by atoms with Crippen LogP contribution in [0.3, 0.4) is 0 Å². The van der Waals surface area contributed by atoms with Gasteiger partial charge in [0.15, 0.2) is 0 Å². The van der Waals surface area contributed by atoms with Crippen LogP contribution in [0.5, 0.6) is 0 Å². The first kappa shape index (κ1) is 17.9. The van der Waals surface area contributed by atoms with Crippen molar-refractivity contribution in [3.8, 4) is 0 Å². The molecule has 1 aromatic rings. The van der Waals surface area contributed by atoms with Gasteiger partial charge in [-0.15, -0.1) is 0 Å². The van der Waals surface area contributed by atoms with E-state index in [4.69, 9.17) is 5.73 Å². The molecule has 1 aromatic carbocycles. The van der Waals surface area contributed by atoms with E-state index in [1.807, 2.05) is 24.3 Å². The molecule has 0 spiro atoms. The highest BCUT2D eigenvalue weighted by molar-refractivity contribution is 9.10.